The standard InChI is InChI=1S/C17H15F6N7/c18-16(19,20)12-3-6-30(27-12)11-2-1-5-28(9-11)14-8-13(17(21,22)23)25-15(26-14)29-7-4-24-10-29/h3-4,6-8,10-11H,1-2,5,9H2. The van der Waals surface area contributed by atoms with Crippen molar-refractivity contribution < 1.29 is 26.3 Å². The van der Waals surface area contributed by atoms with Crippen molar-refractivity contribution in [3.8, 4) is 5.95 Å². The van der Waals surface area contributed by atoms with Gasteiger partial charge in [-0.3, -0.25) is 9.25 Å². The Hall–Kier alpha value is -3.12. The van der Waals surface area contributed by atoms with Gasteiger partial charge in [0.05, 0.1) is 6.04 Å². The zero-order valence-corrected chi connectivity index (χ0v) is 15.3. The van der Waals surface area contributed by atoms with Crippen LogP contribution in [0.15, 0.2) is 37.1 Å². The highest BCUT2D eigenvalue weighted by Crippen LogP contribution is 2.33. The molecule has 0 amide bonds. The summed E-state index contributed by atoms with van der Waals surface area (Å²) in [6.07, 6.45) is -2.84. The molecule has 3 aromatic rings. The molecule has 1 fully saturated rings. The summed E-state index contributed by atoms with van der Waals surface area (Å²) in [5.74, 6) is -0.160. The quantitative estimate of drug-likeness (QED) is 0.592. The molecule has 0 radical (unpaired) electrons. The van der Waals surface area contributed by atoms with Gasteiger partial charge in [-0.05, 0) is 18.9 Å². The van der Waals surface area contributed by atoms with Crippen LogP contribution in [0, 0.1) is 0 Å². The van der Waals surface area contributed by atoms with E-state index < -0.39 is 29.8 Å². The number of piperidine rings is 1. The summed E-state index contributed by atoms with van der Waals surface area (Å²) in [6, 6.07) is 1.28. The average molecular weight is 431 g/mol. The molecule has 0 spiro atoms. The fourth-order valence-corrected chi connectivity index (χ4v) is 3.29. The van der Waals surface area contributed by atoms with Gasteiger partial charge in [0.25, 0.3) is 0 Å². The predicted octanol–water partition coefficient (Wildman–Crippen LogP) is 3.74. The van der Waals surface area contributed by atoms with Crippen molar-refractivity contribution in [2.24, 2.45) is 0 Å². The third kappa shape index (κ3) is 4.09. The van der Waals surface area contributed by atoms with Crippen molar-refractivity contribution in [1.29, 1.82) is 0 Å². The second-order valence-electron chi connectivity index (χ2n) is 6.80. The minimum absolute atomic E-state index is 0.0360. The van der Waals surface area contributed by atoms with Crippen molar-refractivity contribution in [3.63, 3.8) is 0 Å². The Morgan fingerprint density at radius 1 is 0.967 bits per heavy atom. The predicted molar refractivity (Wildman–Crippen MR) is 91.9 cm³/mol. The lowest BCUT2D eigenvalue weighted by molar-refractivity contribution is -0.142. The van der Waals surface area contributed by atoms with Crippen molar-refractivity contribution in [2.45, 2.75) is 31.2 Å². The minimum atomic E-state index is -4.69. The van der Waals surface area contributed by atoms with Crippen molar-refractivity contribution in [3.05, 3.63) is 48.4 Å². The van der Waals surface area contributed by atoms with E-state index in [0.29, 0.717) is 19.4 Å². The van der Waals surface area contributed by atoms with E-state index in [2.05, 4.69) is 20.1 Å². The molecule has 0 N–H and O–H groups in total. The lowest BCUT2D eigenvalue weighted by atomic mass is 10.1. The molecule has 1 saturated heterocycles. The Morgan fingerprint density at radius 2 is 1.73 bits per heavy atom. The van der Waals surface area contributed by atoms with E-state index in [4.69, 9.17) is 0 Å². The number of rotatable bonds is 3. The van der Waals surface area contributed by atoms with Crippen LogP contribution in [-0.4, -0.2) is 42.4 Å². The molecule has 1 aliphatic rings. The summed E-state index contributed by atoms with van der Waals surface area (Å²) in [7, 11) is 0. The molecule has 7 nitrogen and oxygen atoms in total. The molecule has 1 atom stereocenters. The third-order valence-corrected chi connectivity index (χ3v) is 4.72. The van der Waals surface area contributed by atoms with Crippen LogP contribution in [-0.2, 0) is 12.4 Å². The Morgan fingerprint density at radius 3 is 2.37 bits per heavy atom. The van der Waals surface area contributed by atoms with Gasteiger partial charge in [0.1, 0.15) is 12.1 Å². The van der Waals surface area contributed by atoms with Gasteiger partial charge in [0.2, 0.25) is 5.95 Å². The van der Waals surface area contributed by atoms with E-state index in [-0.39, 0.29) is 18.3 Å². The highest BCUT2D eigenvalue weighted by Gasteiger charge is 2.36. The van der Waals surface area contributed by atoms with Gasteiger partial charge in [0, 0.05) is 37.7 Å². The summed E-state index contributed by atoms with van der Waals surface area (Å²) >= 11 is 0. The monoisotopic (exact) mass is 431 g/mol. The zero-order valence-electron chi connectivity index (χ0n) is 15.3. The Balaban J connectivity index is 1.64. The number of imidazole rings is 1. The fourth-order valence-electron chi connectivity index (χ4n) is 3.29. The van der Waals surface area contributed by atoms with Crippen LogP contribution in [0.25, 0.3) is 5.95 Å². The van der Waals surface area contributed by atoms with Crippen molar-refractivity contribution >= 4 is 5.82 Å². The van der Waals surface area contributed by atoms with Crippen LogP contribution >= 0.6 is 0 Å². The topological polar surface area (TPSA) is 64.7 Å². The van der Waals surface area contributed by atoms with Crippen molar-refractivity contribution in [1.82, 2.24) is 29.3 Å². The lowest BCUT2D eigenvalue weighted by Crippen LogP contribution is -2.37. The molecule has 30 heavy (non-hydrogen) atoms. The van der Waals surface area contributed by atoms with Crippen LogP contribution in [0.1, 0.15) is 30.3 Å². The number of halogens is 6. The molecule has 13 heteroatoms. The lowest BCUT2D eigenvalue weighted by Gasteiger charge is -2.34. The first-order valence-corrected chi connectivity index (χ1v) is 8.93. The maximum absolute atomic E-state index is 13.4. The summed E-state index contributed by atoms with van der Waals surface area (Å²) in [5.41, 5.74) is -2.12. The zero-order chi connectivity index (χ0) is 21.5. The van der Waals surface area contributed by atoms with E-state index in [1.807, 2.05) is 0 Å². The highest BCUT2D eigenvalue weighted by molar-refractivity contribution is 5.43. The summed E-state index contributed by atoms with van der Waals surface area (Å²) < 4.78 is 81.0. The summed E-state index contributed by atoms with van der Waals surface area (Å²) in [5, 5.41) is 3.59. The Kier molecular flexibility index (Phi) is 4.90. The van der Waals surface area contributed by atoms with Crippen LogP contribution in [0.2, 0.25) is 0 Å². The average Bonchev–Trinajstić information content (AvgIpc) is 3.39. The van der Waals surface area contributed by atoms with Gasteiger partial charge >= 0.3 is 12.4 Å². The Bertz CT molecular complexity index is 1010. The molecule has 0 saturated carbocycles. The van der Waals surface area contributed by atoms with Gasteiger partial charge in [-0.2, -0.15) is 36.4 Å². The molecule has 0 aromatic carbocycles. The van der Waals surface area contributed by atoms with E-state index in [0.717, 1.165) is 12.1 Å². The maximum Gasteiger partial charge on any atom is 0.435 e. The van der Waals surface area contributed by atoms with Gasteiger partial charge in [-0.25, -0.2) is 9.97 Å². The molecule has 0 bridgehead atoms. The summed E-state index contributed by atoms with van der Waals surface area (Å²) in [6.45, 7) is 0.568. The van der Waals surface area contributed by atoms with Gasteiger partial charge in [-0.1, -0.05) is 0 Å². The van der Waals surface area contributed by atoms with Crippen LogP contribution in [0.5, 0.6) is 0 Å². The number of nitrogens with zero attached hydrogens (tertiary/aromatic N) is 7. The largest absolute Gasteiger partial charge is 0.435 e. The fraction of sp³-hybridized carbons (Fsp3) is 0.412. The second kappa shape index (κ2) is 7.29. The van der Waals surface area contributed by atoms with Gasteiger partial charge in [-0.15, -0.1) is 0 Å². The molecular formula is C17H15F6N7. The first kappa shape index (κ1) is 20.2. The minimum Gasteiger partial charge on any atom is -0.354 e. The normalized spacial score (nSPS) is 18.1. The van der Waals surface area contributed by atoms with Crippen molar-refractivity contribution in [2.75, 3.05) is 18.0 Å². The third-order valence-electron chi connectivity index (χ3n) is 4.72. The number of hydrogen-bond acceptors (Lipinski definition) is 5. The van der Waals surface area contributed by atoms with Crippen LogP contribution in [0.3, 0.4) is 0 Å². The van der Waals surface area contributed by atoms with Crippen LogP contribution in [0.4, 0.5) is 32.2 Å². The molecule has 0 aliphatic carbocycles. The SMILES string of the molecule is FC(F)(F)c1cc(N2CCCC(n3ccc(C(F)(F)F)n3)C2)nc(-n2ccnc2)n1. The molecule has 4 heterocycles. The van der Waals surface area contributed by atoms with Gasteiger partial charge < -0.3 is 4.90 Å². The van der Waals surface area contributed by atoms with E-state index >= 15 is 0 Å². The van der Waals surface area contributed by atoms with Gasteiger partial charge in [0.15, 0.2) is 11.4 Å². The number of anilines is 1. The smallest absolute Gasteiger partial charge is 0.354 e. The molecule has 160 valence electrons. The maximum atomic E-state index is 13.4. The van der Waals surface area contributed by atoms with Crippen LogP contribution < -0.4 is 4.90 Å². The molecule has 4 rings (SSSR count). The molecule has 1 unspecified atom stereocenters. The number of alkyl halides is 6. The number of aromatic nitrogens is 6. The van der Waals surface area contributed by atoms with E-state index in [1.54, 1.807) is 4.90 Å². The second-order valence-corrected chi connectivity index (χ2v) is 6.80. The molecular weight excluding hydrogens is 416 g/mol. The first-order chi connectivity index (χ1) is 14.1. The Labute approximate surface area is 166 Å². The van der Waals surface area contributed by atoms with E-state index in [9.17, 15) is 26.3 Å². The number of hydrogen-bond donors (Lipinski definition) is 0. The molecule has 1 aliphatic heterocycles. The van der Waals surface area contributed by atoms with E-state index in [1.165, 1.54) is 34.2 Å². The first-order valence-electron chi connectivity index (χ1n) is 8.93. The highest BCUT2D eigenvalue weighted by atomic mass is 19.4. The molecule has 3 aromatic heterocycles. The summed E-state index contributed by atoms with van der Waals surface area (Å²) in [4.78, 5) is 13.2.